The van der Waals surface area contributed by atoms with E-state index in [1.807, 2.05) is 25.3 Å². The van der Waals surface area contributed by atoms with Crippen LogP contribution in [0.25, 0.3) is 0 Å². The number of aliphatic carboxylic acids is 1. The molecule has 1 saturated carbocycles. The summed E-state index contributed by atoms with van der Waals surface area (Å²) in [5, 5.41) is 12.4. The number of allylic oxidation sites excluding steroid dienone is 2. The van der Waals surface area contributed by atoms with Crippen molar-refractivity contribution in [1.29, 1.82) is 0 Å². The second kappa shape index (κ2) is 5.99. The quantitative estimate of drug-likeness (QED) is 0.729. The van der Waals surface area contributed by atoms with Crippen LogP contribution in [0.1, 0.15) is 19.8 Å². The zero-order chi connectivity index (χ0) is 14.0. The van der Waals surface area contributed by atoms with Gasteiger partial charge in [0, 0.05) is 11.8 Å². The van der Waals surface area contributed by atoms with E-state index in [1.54, 1.807) is 11.8 Å². The molecular formula is C14H21NO3S. The monoisotopic (exact) mass is 283 g/mol. The topological polar surface area (TPSA) is 66.4 Å². The van der Waals surface area contributed by atoms with E-state index < -0.39 is 11.9 Å². The van der Waals surface area contributed by atoms with Crippen molar-refractivity contribution in [2.75, 3.05) is 12.0 Å². The molecule has 1 amide bonds. The highest BCUT2D eigenvalue weighted by Gasteiger charge is 2.51. The van der Waals surface area contributed by atoms with Gasteiger partial charge in [-0.25, -0.2) is 0 Å². The van der Waals surface area contributed by atoms with Crippen LogP contribution in [0.2, 0.25) is 0 Å². The molecule has 5 heteroatoms. The molecular weight excluding hydrogens is 262 g/mol. The lowest BCUT2D eigenvalue weighted by atomic mass is 9.82. The molecule has 5 unspecified atom stereocenters. The van der Waals surface area contributed by atoms with E-state index in [0.717, 1.165) is 18.6 Å². The van der Waals surface area contributed by atoms with E-state index in [-0.39, 0.29) is 29.7 Å². The third kappa shape index (κ3) is 2.81. The third-order valence-corrected chi connectivity index (χ3v) is 4.99. The lowest BCUT2D eigenvalue weighted by Crippen LogP contribution is -2.45. The molecule has 0 heterocycles. The van der Waals surface area contributed by atoms with Gasteiger partial charge in [0.25, 0.3) is 0 Å². The molecule has 2 N–H and O–H groups in total. The molecule has 2 bridgehead atoms. The normalized spacial score (nSPS) is 33.4. The first-order valence-electron chi connectivity index (χ1n) is 6.78. The molecule has 0 spiro atoms. The van der Waals surface area contributed by atoms with Gasteiger partial charge in [-0.2, -0.15) is 11.8 Å². The van der Waals surface area contributed by atoms with Crippen molar-refractivity contribution in [3.05, 3.63) is 12.2 Å². The van der Waals surface area contributed by atoms with Crippen molar-refractivity contribution in [1.82, 2.24) is 5.32 Å². The van der Waals surface area contributed by atoms with Gasteiger partial charge in [0.15, 0.2) is 0 Å². The number of hydrogen-bond acceptors (Lipinski definition) is 3. The molecule has 1 fully saturated rings. The highest BCUT2D eigenvalue weighted by Crippen LogP contribution is 2.48. The maximum absolute atomic E-state index is 12.4. The maximum Gasteiger partial charge on any atom is 0.307 e. The van der Waals surface area contributed by atoms with E-state index in [2.05, 4.69) is 5.32 Å². The molecule has 0 aliphatic heterocycles. The van der Waals surface area contributed by atoms with Gasteiger partial charge >= 0.3 is 5.97 Å². The summed E-state index contributed by atoms with van der Waals surface area (Å²) in [4.78, 5) is 23.7. The summed E-state index contributed by atoms with van der Waals surface area (Å²) in [5.74, 6) is -0.821. The number of amides is 1. The Morgan fingerprint density at radius 2 is 2.00 bits per heavy atom. The largest absolute Gasteiger partial charge is 0.481 e. The number of hydrogen-bond donors (Lipinski definition) is 2. The fourth-order valence-corrected chi connectivity index (χ4v) is 4.00. The highest BCUT2D eigenvalue weighted by molar-refractivity contribution is 7.98. The Balaban J connectivity index is 2.05. The Bertz CT molecular complexity index is 396. The number of thioether (sulfide) groups is 1. The standard InChI is InChI=1S/C14H21NO3S/c1-3-10(7-19-2)15-13(16)11-8-4-5-9(6-8)12(11)14(17)18/h4-5,8-12H,3,6-7H2,1-2H3,(H,15,16)(H,17,18). The zero-order valence-corrected chi connectivity index (χ0v) is 12.2. The van der Waals surface area contributed by atoms with Crippen molar-refractivity contribution < 1.29 is 14.7 Å². The molecule has 5 atom stereocenters. The van der Waals surface area contributed by atoms with Gasteiger partial charge in [0.1, 0.15) is 0 Å². The third-order valence-electron chi connectivity index (χ3n) is 4.25. The SMILES string of the molecule is CCC(CSC)NC(=O)C1C2C=CC(C2)C1C(=O)O. The predicted molar refractivity (Wildman–Crippen MR) is 76.0 cm³/mol. The van der Waals surface area contributed by atoms with Crippen LogP contribution >= 0.6 is 11.8 Å². The van der Waals surface area contributed by atoms with Gasteiger partial charge in [-0.05, 0) is 30.9 Å². The summed E-state index contributed by atoms with van der Waals surface area (Å²) in [6.45, 7) is 2.04. The van der Waals surface area contributed by atoms with E-state index in [0.29, 0.717) is 0 Å². The van der Waals surface area contributed by atoms with Gasteiger partial charge < -0.3 is 10.4 Å². The smallest absolute Gasteiger partial charge is 0.307 e. The minimum absolute atomic E-state index is 0.0406. The van der Waals surface area contributed by atoms with Crippen LogP contribution in [0.15, 0.2) is 12.2 Å². The van der Waals surface area contributed by atoms with Crippen molar-refractivity contribution in [2.24, 2.45) is 23.7 Å². The predicted octanol–water partition coefficient (Wildman–Crippen LogP) is 1.77. The number of nitrogens with one attached hydrogen (secondary N) is 1. The fraction of sp³-hybridized carbons (Fsp3) is 0.714. The molecule has 2 aliphatic carbocycles. The lowest BCUT2D eigenvalue weighted by molar-refractivity contribution is -0.148. The van der Waals surface area contributed by atoms with Crippen molar-refractivity contribution >= 4 is 23.6 Å². The summed E-state index contributed by atoms with van der Waals surface area (Å²) in [6, 6.07) is 0.139. The number of carbonyl (C=O) groups excluding carboxylic acids is 1. The Morgan fingerprint density at radius 1 is 1.37 bits per heavy atom. The summed E-state index contributed by atoms with van der Waals surface area (Å²) in [7, 11) is 0. The average molecular weight is 283 g/mol. The molecule has 0 saturated heterocycles. The molecule has 0 radical (unpaired) electrons. The summed E-state index contributed by atoms with van der Waals surface area (Å²) >= 11 is 1.70. The Labute approximate surface area is 118 Å². The molecule has 0 aromatic carbocycles. The number of carbonyl (C=O) groups is 2. The second-order valence-corrected chi connectivity index (χ2v) is 6.32. The Hall–Kier alpha value is -0.970. The van der Waals surface area contributed by atoms with Crippen LogP contribution < -0.4 is 5.32 Å². The maximum atomic E-state index is 12.4. The zero-order valence-electron chi connectivity index (χ0n) is 11.3. The van der Waals surface area contributed by atoms with E-state index in [4.69, 9.17) is 0 Å². The average Bonchev–Trinajstić information content (AvgIpc) is 2.97. The minimum Gasteiger partial charge on any atom is -0.481 e. The van der Waals surface area contributed by atoms with Gasteiger partial charge in [-0.15, -0.1) is 0 Å². The number of rotatable bonds is 6. The molecule has 2 aliphatic rings. The van der Waals surface area contributed by atoms with E-state index in [9.17, 15) is 14.7 Å². The van der Waals surface area contributed by atoms with Crippen LogP contribution in [-0.4, -0.2) is 35.0 Å². The second-order valence-electron chi connectivity index (χ2n) is 5.41. The van der Waals surface area contributed by atoms with E-state index >= 15 is 0 Å². The molecule has 106 valence electrons. The number of carboxylic acid groups (broad SMARTS) is 1. The first-order valence-corrected chi connectivity index (χ1v) is 8.18. The van der Waals surface area contributed by atoms with Gasteiger partial charge in [0.05, 0.1) is 11.8 Å². The summed E-state index contributed by atoms with van der Waals surface area (Å²) in [6.07, 6.45) is 7.68. The molecule has 19 heavy (non-hydrogen) atoms. The fourth-order valence-electron chi connectivity index (χ4n) is 3.28. The van der Waals surface area contributed by atoms with Crippen molar-refractivity contribution in [3.8, 4) is 0 Å². The van der Waals surface area contributed by atoms with E-state index in [1.165, 1.54) is 0 Å². The first kappa shape index (κ1) is 14.4. The van der Waals surface area contributed by atoms with Gasteiger partial charge in [0.2, 0.25) is 5.91 Å². The van der Waals surface area contributed by atoms with Crippen LogP contribution in [0.4, 0.5) is 0 Å². The number of carboxylic acids is 1. The highest BCUT2D eigenvalue weighted by atomic mass is 32.2. The first-order chi connectivity index (χ1) is 9.08. The van der Waals surface area contributed by atoms with Crippen molar-refractivity contribution in [2.45, 2.75) is 25.8 Å². The summed E-state index contributed by atoms with van der Waals surface area (Å²) < 4.78 is 0. The van der Waals surface area contributed by atoms with Gasteiger partial charge in [-0.3, -0.25) is 9.59 Å². The van der Waals surface area contributed by atoms with Crippen molar-refractivity contribution in [3.63, 3.8) is 0 Å². The van der Waals surface area contributed by atoms with Crippen LogP contribution in [0.5, 0.6) is 0 Å². The number of fused-ring (bicyclic) bond motifs is 2. The van der Waals surface area contributed by atoms with Crippen LogP contribution in [-0.2, 0) is 9.59 Å². The molecule has 2 rings (SSSR count). The summed E-state index contributed by atoms with van der Waals surface area (Å²) in [5.41, 5.74) is 0. The Morgan fingerprint density at radius 3 is 2.53 bits per heavy atom. The lowest BCUT2D eigenvalue weighted by Gasteiger charge is -2.26. The van der Waals surface area contributed by atoms with Crippen LogP contribution in [0.3, 0.4) is 0 Å². The molecule has 0 aromatic heterocycles. The molecule has 0 aromatic rings. The van der Waals surface area contributed by atoms with Crippen LogP contribution in [0, 0.1) is 23.7 Å². The minimum atomic E-state index is -0.838. The molecule has 4 nitrogen and oxygen atoms in total. The van der Waals surface area contributed by atoms with Gasteiger partial charge in [-0.1, -0.05) is 19.1 Å². The Kier molecular flexibility index (Phi) is 4.55.